The van der Waals surface area contributed by atoms with E-state index in [4.69, 9.17) is 16.9 Å². The Kier molecular flexibility index (Phi) is 3.36. The number of aryl methyl sites for hydroxylation is 1. The molecule has 1 aromatic heterocycles. The number of halogens is 1. The van der Waals surface area contributed by atoms with Crippen LogP contribution in [0.2, 0.25) is 5.02 Å². The molecule has 0 aliphatic rings. The molecule has 86 valence electrons. The molecule has 4 heteroatoms. The standard InChI is InChI=1S/C13H12ClN3/c1-17-5-4-10(9-17)8-16-12-2-3-13(14)11(6-12)7-15/h2-6,9,16H,8H2,1H3. The Hall–Kier alpha value is -1.92. The molecule has 0 radical (unpaired) electrons. The molecule has 0 unspecified atom stereocenters. The number of benzene rings is 1. The number of nitrogens with zero attached hydrogens (tertiary/aromatic N) is 2. The summed E-state index contributed by atoms with van der Waals surface area (Å²) in [5, 5.41) is 12.6. The highest BCUT2D eigenvalue weighted by Crippen LogP contribution is 2.20. The summed E-state index contributed by atoms with van der Waals surface area (Å²) in [6.45, 7) is 0.730. The third-order valence-electron chi connectivity index (χ3n) is 2.48. The van der Waals surface area contributed by atoms with E-state index in [1.807, 2.05) is 36.1 Å². The minimum atomic E-state index is 0.484. The number of rotatable bonds is 3. The summed E-state index contributed by atoms with van der Waals surface area (Å²) >= 11 is 5.86. The van der Waals surface area contributed by atoms with Crippen LogP contribution in [-0.4, -0.2) is 4.57 Å². The van der Waals surface area contributed by atoms with Crippen molar-refractivity contribution in [3.05, 3.63) is 52.8 Å². The molecule has 0 aliphatic carbocycles. The molecule has 17 heavy (non-hydrogen) atoms. The van der Waals surface area contributed by atoms with Crippen LogP contribution in [0, 0.1) is 11.3 Å². The first-order valence-corrected chi connectivity index (χ1v) is 5.61. The van der Waals surface area contributed by atoms with E-state index in [-0.39, 0.29) is 0 Å². The highest BCUT2D eigenvalue weighted by molar-refractivity contribution is 6.31. The number of hydrogen-bond donors (Lipinski definition) is 1. The average molecular weight is 246 g/mol. The number of nitrogens with one attached hydrogen (secondary N) is 1. The van der Waals surface area contributed by atoms with Crippen molar-refractivity contribution in [1.29, 1.82) is 5.26 Å². The van der Waals surface area contributed by atoms with Crippen LogP contribution in [0.5, 0.6) is 0 Å². The van der Waals surface area contributed by atoms with Gasteiger partial charge in [-0.15, -0.1) is 0 Å². The summed E-state index contributed by atoms with van der Waals surface area (Å²) in [6, 6.07) is 9.46. The van der Waals surface area contributed by atoms with Crippen LogP contribution < -0.4 is 5.32 Å². The SMILES string of the molecule is Cn1ccc(CNc2ccc(Cl)c(C#N)c2)c1. The van der Waals surface area contributed by atoms with E-state index < -0.39 is 0 Å². The lowest BCUT2D eigenvalue weighted by molar-refractivity contribution is 0.920. The topological polar surface area (TPSA) is 40.8 Å². The summed E-state index contributed by atoms with van der Waals surface area (Å²) in [5.74, 6) is 0. The van der Waals surface area contributed by atoms with Gasteiger partial charge >= 0.3 is 0 Å². The lowest BCUT2D eigenvalue weighted by atomic mass is 10.2. The van der Waals surface area contributed by atoms with Crippen molar-refractivity contribution >= 4 is 17.3 Å². The van der Waals surface area contributed by atoms with Crippen molar-refractivity contribution in [2.24, 2.45) is 7.05 Å². The molecule has 0 spiro atoms. The Balaban J connectivity index is 2.07. The zero-order valence-corrected chi connectivity index (χ0v) is 10.2. The predicted octanol–water partition coefficient (Wildman–Crippen LogP) is 3.16. The molecule has 0 amide bonds. The molecule has 1 heterocycles. The molecule has 0 saturated carbocycles. The van der Waals surface area contributed by atoms with Crippen LogP contribution in [0.4, 0.5) is 5.69 Å². The minimum absolute atomic E-state index is 0.484. The monoisotopic (exact) mass is 245 g/mol. The number of aromatic nitrogens is 1. The fourth-order valence-corrected chi connectivity index (χ4v) is 1.75. The number of nitriles is 1. The van der Waals surface area contributed by atoms with Crippen LogP contribution >= 0.6 is 11.6 Å². The lowest BCUT2D eigenvalue weighted by Gasteiger charge is -2.06. The zero-order chi connectivity index (χ0) is 12.3. The van der Waals surface area contributed by atoms with Crippen molar-refractivity contribution in [2.45, 2.75) is 6.54 Å². The third kappa shape index (κ3) is 2.80. The lowest BCUT2D eigenvalue weighted by Crippen LogP contribution is -1.98. The second-order valence-corrected chi connectivity index (χ2v) is 4.25. The van der Waals surface area contributed by atoms with Crippen LogP contribution in [-0.2, 0) is 13.6 Å². The van der Waals surface area contributed by atoms with E-state index in [9.17, 15) is 0 Å². The Morgan fingerprint density at radius 2 is 2.24 bits per heavy atom. The molecule has 0 saturated heterocycles. The molecule has 0 fully saturated rings. The first-order valence-electron chi connectivity index (χ1n) is 5.23. The smallest absolute Gasteiger partial charge is 0.101 e. The van der Waals surface area contributed by atoms with Gasteiger partial charge in [-0.05, 0) is 29.8 Å². The summed E-state index contributed by atoms with van der Waals surface area (Å²) < 4.78 is 2.00. The molecule has 0 atom stereocenters. The highest BCUT2D eigenvalue weighted by Gasteiger charge is 2.01. The van der Waals surface area contributed by atoms with Gasteiger partial charge in [-0.25, -0.2) is 0 Å². The molecule has 0 bridgehead atoms. The Morgan fingerprint density at radius 3 is 2.88 bits per heavy atom. The van der Waals surface area contributed by atoms with Gasteiger partial charge in [-0.3, -0.25) is 0 Å². The maximum atomic E-state index is 8.87. The van der Waals surface area contributed by atoms with Crippen molar-refractivity contribution in [1.82, 2.24) is 4.57 Å². The Bertz CT molecular complexity index is 566. The molecule has 1 N–H and O–H groups in total. The van der Waals surface area contributed by atoms with Gasteiger partial charge in [-0.1, -0.05) is 11.6 Å². The van der Waals surface area contributed by atoms with Crippen molar-refractivity contribution in [2.75, 3.05) is 5.32 Å². The highest BCUT2D eigenvalue weighted by atomic mass is 35.5. The quantitative estimate of drug-likeness (QED) is 0.902. The molecule has 0 aliphatic heterocycles. The van der Waals surface area contributed by atoms with Gasteiger partial charge in [0.1, 0.15) is 6.07 Å². The van der Waals surface area contributed by atoms with Crippen molar-refractivity contribution in [3.63, 3.8) is 0 Å². The molecule has 1 aromatic carbocycles. The zero-order valence-electron chi connectivity index (χ0n) is 9.44. The van der Waals surface area contributed by atoms with E-state index in [1.165, 1.54) is 5.56 Å². The van der Waals surface area contributed by atoms with Gasteiger partial charge in [-0.2, -0.15) is 5.26 Å². The van der Waals surface area contributed by atoms with Crippen molar-refractivity contribution < 1.29 is 0 Å². The van der Waals surface area contributed by atoms with Crippen LogP contribution in [0.15, 0.2) is 36.7 Å². The van der Waals surface area contributed by atoms with E-state index in [0.717, 1.165) is 12.2 Å². The van der Waals surface area contributed by atoms with Crippen molar-refractivity contribution in [3.8, 4) is 6.07 Å². The normalized spacial score (nSPS) is 9.94. The molecular weight excluding hydrogens is 234 g/mol. The van der Waals surface area contributed by atoms with E-state index in [1.54, 1.807) is 12.1 Å². The molecule has 2 aromatic rings. The van der Waals surface area contributed by atoms with Gasteiger partial charge in [0, 0.05) is 31.7 Å². The summed E-state index contributed by atoms with van der Waals surface area (Å²) in [7, 11) is 1.99. The van der Waals surface area contributed by atoms with Gasteiger partial charge < -0.3 is 9.88 Å². The van der Waals surface area contributed by atoms with Gasteiger partial charge in [0.15, 0.2) is 0 Å². The second kappa shape index (κ2) is 4.94. The van der Waals surface area contributed by atoms with Crippen LogP contribution in [0.25, 0.3) is 0 Å². The van der Waals surface area contributed by atoms with E-state index in [0.29, 0.717) is 10.6 Å². The Labute approximate surface area is 105 Å². The summed E-state index contributed by atoms with van der Waals surface area (Å²) in [4.78, 5) is 0. The summed E-state index contributed by atoms with van der Waals surface area (Å²) in [6.07, 6.45) is 4.05. The minimum Gasteiger partial charge on any atom is -0.381 e. The third-order valence-corrected chi connectivity index (χ3v) is 2.81. The largest absolute Gasteiger partial charge is 0.381 e. The molecule has 2 rings (SSSR count). The predicted molar refractivity (Wildman–Crippen MR) is 68.9 cm³/mol. The maximum Gasteiger partial charge on any atom is 0.101 e. The van der Waals surface area contributed by atoms with E-state index >= 15 is 0 Å². The van der Waals surface area contributed by atoms with E-state index in [2.05, 4.69) is 11.4 Å². The number of anilines is 1. The van der Waals surface area contributed by atoms with Crippen LogP contribution in [0.1, 0.15) is 11.1 Å². The molecular formula is C13H12ClN3. The first-order chi connectivity index (χ1) is 8.19. The van der Waals surface area contributed by atoms with Gasteiger partial charge in [0.25, 0.3) is 0 Å². The summed E-state index contributed by atoms with van der Waals surface area (Å²) in [5.41, 5.74) is 2.58. The fraction of sp³-hybridized carbons (Fsp3) is 0.154. The average Bonchev–Trinajstić information content (AvgIpc) is 2.74. The fourth-order valence-electron chi connectivity index (χ4n) is 1.59. The van der Waals surface area contributed by atoms with Gasteiger partial charge in [0.05, 0.1) is 10.6 Å². The van der Waals surface area contributed by atoms with Gasteiger partial charge in [0.2, 0.25) is 0 Å². The second-order valence-electron chi connectivity index (χ2n) is 3.85. The molecule has 3 nitrogen and oxygen atoms in total. The van der Waals surface area contributed by atoms with Crippen LogP contribution in [0.3, 0.4) is 0 Å². The first kappa shape index (κ1) is 11.6. The maximum absolute atomic E-state index is 8.87. The number of hydrogen-bond acceptors (Lipinski definition) is 2. The Morgan fingerprint density at radius 1 is 1.41 bits per heavy atom.